The fourth-order valence-electron chi connectivity index (χ4n) is 1.55. The third kappa shape index (κ3) is 9.12. The lowest BCUT2D eigenvalue weighted by molar-refractivity contribution is -0.154. The minimum absolute atomic E-state index is 0.0782. The molecule has 0 radical (unpaired) electrons. The van der Waals surface area contributed by atoms with E-state index in [0.29, 0.717) is 13.2 Å². The Morgan fingerprint density at radius 2 is 1.94 bits per heavy atom. The summed E-state index contributed by atoms with van der Waals surface area (Å²) in [6, 6.07) is 0. The Labute approximate surface area is 105 Å². The molecule has 0 bridgehead atoms. The summed E-state index contributed by atoms with van der Waals surface area (Å²) in [4.78, 5) is 10.9. The summed E-state index contributed by atoms with van der Waals surface area (Å²) in [5, 5.41) is 0. The molecule has 0 spiro atoms. The first-order chi connectivity index (χ1) is 8.11. The minimum atomic E-state index is -0.269. The van der Waals surface area contributed by atoms with Crippen molar-refractivity contribution < 1.29 is 19.0 Å². The van der Waals surface area contributed by atoms with Gasteiger partial charge in [-0.2, -0.15) is 0 Å². The highest BCUT2D eigenvalue weighted by molar-refractivity contribution is 5.66. The Morgan fingerprint density at radius 1 is 1.24 bits per heavy atom. The summed E-state index contributed by atoms with van der Waals surface area (Å²) in [6.07, 6.45) is 2.68. The molecule has 0 aromatic carbocycles. The molecule has 0 aromatic heterocycles. The second-order valence-electron chi connectivity index (χ2n) is 4.06. The van der Waals surface area contributed by atoms with Gasteiger partial charge in [0, 0.05) is 33.2 Å². The van der Waals surface area contributed by atoms with E-state index < -0.39 is 0 Å². The third-order valence-corrected chi connectivity index (χ3v) is 2.45. The molecule has 0 N–H and O–H groups in total. The van der Waals surface area contributed by atoms with Gasteiger partial charge in [0.1, 0.15) is 6.10 Å². The van der Waals surface area contributed by atoms with Gasteiger partial charge in [-0.1, -0.05) is 13.3 Å². The fourth-order valence-corrected chi connectivity index (χ4v) is 1.55. The summed E-state index contributed by atoms with van der Waals surface area (Å²) in [6.45, 7) is 9.39. The lowest BCUT2D eigenvalue weighted by Gasteiger charge is -2.23. The highest BCUT2D eigenvalue weighted by atomic mass is 16.6. The van der Waals surface area contributed by atoms with Crippen LogP contribution in [0.1, 0.15) is 47.0 Å². The van der Waals surface area contributed by atoms with Crippen LogP contribution >= 0.6 is 0 Å². The van der Waals surface area contributed by atoms with Crippen LogP contribution in [-0.2, 0) is 19.0 Å². The summed E-state index contributed by atoms with van der Waals surface area (Å²) < 4.78 is 16.2. The molecule has 4 heteroatoms. The van der Waals surface area contributed by atoms with Gasteiger partial charge in [0.15, 0.2) is 0 Å². The highest BCUT2D eigenvalue weighted by Crippen LogP contribution is 2.09. The molecule has 0 fully saturated rings. The summed E-state index contributed by atoms with van der Waals surface area (Å²) in [5.74, 6) is -0.269. The monoisotopic (exact) mass is 246 g/mol. The second kappa shape index (κ2) is 10.5. The van der Waals surface area contributed by atoms with E-state index in [-0.39, 0.29) is 18.2 Å². The van der Waals surface area contributed by atoms with Gasteiger partial charge in [0.05, 0.1) is 6.10 Å². The van der Waals surface area contributed by atoms with Crippen molar-refractivity contribution in [1.29, 1.82) is 0 Å². The van der Waals surface area contributed by atoms with Crippen molar-refractivity contribution in [2.24, 2.45) is 0 Å². The van der Waals surface area contributed by atoms with Gasteiger partial charge in [-0.25, -0.2) is 0 Å². The largest absolute Gasteiger partial charge is 0.460 e. The average Bonchev–Trinajstić information content (AvgIpc) is 2.26. The molecular formula is C13H26O4. The lowest BCUT2D eigenvalue weighted by Crippen LogP contribution is -2.31. The third-order valence-electron chi connectivity index (χ3n) is 2.45. The maximum atomic E-state index is 10.9. The van der Waals surface area contributed by atoms with Crippen LogP contribution in [0, 0.1) is 0 Å². The SMILES string of the molecule is CCCCOCCC(OCC)C(C)OC(C)=O. The first kappa shape index (κ1) is 16.4. The average molecular weight is 246 g/mol. The van der Waals surface area contributed by atoms with Crippen molar-refractivity contribution in [2.75, 3.05) is 19.8 Å². The zero-order valence-electron chi connectivity index (χ0n) is 11.5. The zero-order chi connectivity index (χ0) is 13.1. The van der Waals surface area contributed by atoms with E-state index in [0.717, 1.165) is 25.9 Å². The number of ether oxygens (including phenoxy) is 3. The van der Waals surface area contributed by atoms with Crippen molar-refractivity contribution in [1.82, 2.24) is 0 Å². The lowest BCUT2D eigenvalue weighted by atomic mass is 10.1. The van der Waals surface area contributed by atoms with Crippen LogP contribution in [0.5, 0.6) is 0 Å². The Bertz CT molecular complexity index is 194. The van der Waals surface area contributed by atoms with Crippen LogP contribution in [0.3, 0.4) is 0 Å². The number of unbranched alkanes of at least 4 members (excludes halogenated alkanes) is 1. The molecule has 2 unspecified atom stereocenters. The molecule has 0 aliphatic heterocycles. The Morgan fingerprint density at radius 3 is 2.47 bits per heavy atom. The number of hydrogen-bond acceptors (Lipinski definition) is 4. The second-order valence-corrected chi connectivity index (χ2v) is 4.06. The van der Waals surface area contributed by atoms with Crippen LogP contribution in [0.15, 0.2) is 0 Å². The fraction of sp³-hybridized carbons (Fsp3) is 0.923. The molecule has 102 valence electrons. The quantitative estimate of drug-likeness (QED) is 0.439. The van der Waals surface area contributed by atoms with Gasteiger partial charge in [0.25, 0.3) is 0 Å². The molecule has 0 saturated carbocycles. The maximum absolute atomic E-state index is 10.9. The number of esters is 1. The van der Waals surface area contributed by atoms with E-state index >= 15 is 0 Å². The topological polar surface area (TPSA) is 44.8 Å². The standard InChI is InChI=1S/C13H26O4/c1-5-7-9-15-10-8-13(16-6-2)11(3)17-12(4)14/h11,13H,5-10H2,1-4H3. The van der Waals surface area contributed by atoms with Gasteiger partial charge >= 0.3 is 5.97 Å². The predicted molar refractivity (Wildman–Crippen MR) is 67.0 cm³/mol. The van der Waals surface area contributed by atoms with E-state index in [1.165, 1.54) is 6.92 Å². The molecule has 0 heterocycles. The number of carbonyl (C=O) groups excluding carboxylic acids is 1. The molecular weight excluding hydrogens is 220 g/mol. The first-order valence-corrected chi connectivity index (χ1v) is 6.48. The normalized spacial score (nSPS) is 14.4. The van der Waals surface area contributed by atoms with Crippen molar-refractivity contribution in [2.45, 2.75) is 59.2 Å². The Kier molecular flexibility index (Phi) is 10.2. The van der Waals surface area contributed by atoms with Crippen LogP contribution in [0.4, 0.5) is 0 Å². The Balaban J connectivity index is 3.84. The van der Waals surface area contributed by atoms with Crippen molar-refractivity contribution in [3.05, 3.63) is 0 Å². The maximum Gasteiger partial charge on any atom is 0.302 e. The van der Waals surface area contributed by atoms with Gasteiger partial charge in [-0.15, -0.1) is 0 Å². The molecule has 17 heavy (non-hydrogen) atoms. The van der Waals surface area contributed by atoms with Crippen LogP contribution in [0.2, 0.25) is 0 Å². The molecule has 0 saturated heterocycles. The van der Waals surface area contributed by atoms with Gasteiger partial charge in [-0.3, -0.25) is 4.79 Å². The summed E-state index contributed by atoms with van der Waals surface area (Å²) in [7, 11) is 0. The summed E-state index contributed by atoms with van der Waals surface area (Å²) >= 11 is 0. The van der Waals surface area contributed by atoms with E-state index in [2.05, 4.69) is 6.92 Å². The van der Waals surface area contributed by atoms with Crippen LogP contribution < -0.4 is 0 Å². The van der Waals surface area contributed by atoms with Crippen LogP contribution in [0.25, 0.3) is 0 Å². The van der Waals surface area contributed by atoms with Gasteiger partial charge in [-0.05, 0) is 20.3 Å². The number of hydrogen-bond donors (Lipinski definition) is 0. The smallest absolute Gasteiger partial charge is 0.302 e. The van der Waals surface area contributed by atoms with Crippen molar-refractivity contribution in [3.8, 4) is 0 Å². The van der Waals surface area contributed by atoms with Crippen molar-refractivity contribution >= 4 is 5.97 Å². The Hall–Kier alpha value is -0.610. The number of carbonyl (C=O) groups is 1. The van der Waals surface area contributed by atoms with Crippen molar-refractivity contribution in [3.63, 3.8) is 0 Å². The minimum Gasteiger partial charge on any atom is -0.460 e. The molecule has 0 aromatic rings. The van der Waals surface area contributed by atoms with Gasteiger partial charge < -0.3 is 14.2 Å². The molecule has 2 atom stereocenters. The van der Waals surface area contributed by atoms with E-state index in [9.17, 15) is 4.79 Å². The summed E-state index contributed by atoms with van der Waals surface area (Å²) in [5.41, 5.74) is 0. The number of rotatable bonds is 10. The molecule has 4 nitrogen and oxygen atoms in total. The van der Waals surface area contributed by atoms with E-state index in [1.807, 2.05) is 13.8 Å². The zero-order valence-corrected chi connectivity index (χ0v) is 11.5. The van der Waals surface area contributed by atoms with E-state index in [1.54, 1.807) is 0 Å². The van der Waals surface area contributed by atoms with Gasteiger partial charge in [0.2, 0.25) is 0 Å². The first-order valence-electron chi connectivity index (χ1n) is 6.48. The van der Waals surface area contributed by atoms with E-state index in [4.69, 9.17) is 14.2 Å². The molecule has 0 aliphatic rings. The predicted octanol–water partition coefficient (Wildman–Crippen LogP) is 2.55. The molecule has 0 amide bonds. The van der Waals surface area contributed by atoms with Crippen LogP contribution in [-0.4, -0.2) is 38.0 Å². The molecule has 0 rings (SSSR count). The highest BCUT2D eigenvalue weighted by Gasteiger charge is 2.19. The molecule has 0 aliphatic carbocycles.